The molecule has 1 heterocycles. The first kappa shape index (κ1) is 15.3. The molecule has 2 rings (SSSR count). The number of carbonyl (C=O) groups excluding carboxylic acids is 3. The van der Waals surface area contributed by atoms with E-state index < -0.39 is 17.8 Å². The summed E-state index contributed by atoms with van der Waals surface area (Å²) in [6.07, 6.45) is 1.28. The Morgan fingerprint density at radius 1 is 1.10 bits per heavy atom. The smallest absolute Gasteiger partial charge is 0.328 e. The van der Waals surface area contributed by atoms with Gasteiger partial charge in [0.05, 0.1) is 16.7 Å². The van der Waals surface area contributed by atoms with Crippen LogP contribution in [0.3, 0.4) is 0 Å². The summed E-state index contributed by atoms with van der Waals surface area (Å²) in [4.78, 5) is 34.2. The summed E-state index contributed by atoms with van der Waals surface area (Å²) >= 11 is 12.1. The molecule has 0 aromatic heterocycles. The van der Waals surface area contributed by atoms with Gasteiger partial charge in [-0.05, 0) is 30.7 Å². The van der Waals surface area contributed by atoms with Crippen molar-refractivity contribution in [2.45, 2.75) is 6.92 Å². The van der Waals surface area contributed by atoms with E-state index in [0.29, 0.717) is 17.9 Å². The van der Waals surface area contributed by atoms with Crippen molar-refractivity contribution in [3.63, 3.8) is 0 Å². The topological polar surface area (TPSA) is 84.5 Å². The Kier molecular flexibility index (Phi) is 4.50. The van der Waals surface area contributed by atoms with Gasteiger partial charge in [0.2, 0.25) is 0 Å². The quantitative estimate of drug-likeness (QED) is 0.657. The van der Waals surface area contributed by atoms with Crippen LogP contribution in [0.2, 0.25) is 10.0 Å². The second-order valence-corrected chi connectivity index (χ2v) is 4.86. The molecule has 0 spiro atoms. The number of amides is 4. The zero-order chi connectivity index (χ0) is 15.6. The molecule has 6 nitrogen and oxygen atoms in total. The van der Waals surface area contributed by atoms with Gasteiger partial charge in [-0.1, -0.05) is 23.2 Å². The van der Waals surface area contributed by atoms with Gasteiger partial charge in [-0.25, -0.2) is 4.79 Å². The lowest BCUT2D eigenvalue weighted by Crippen LogP contribution is -2.51. The van der Waals surface area contributed by atoms with E-state index >= 15 is 0 Å². The average Bonchev–Trinajstić information content (AvgIpc) is 2.38. The number of rotatable bonds is 3. The lowest BCUT2D eigenvalue weighted by molar-refractivity contribution is -0.123. The molecule has 8 heteroatoms. The molecule has 0 atom stereocenters. The van der Waals surface area contributed by atoms with E-state index in [9.17, 15) is 14.4 Å². The number of imide groups is 2. The van der Waals surface area contributed by atoms with E-state index in [4.69, 9.17) is 27.9 Å². The van der Waals surface area contributed by atoms with Crippen molar-refractivity contribution >= 4 is 47.1 Å². The van der Waals surface area contributed by atoms with Gasteiger partial charge in [-0.3, -0.25) is 20.2 Å². The minimum atomic E-state index is -0.857. The molecule has 21 heavy (non-hydrogen) atoms. The predicted molar refractivity (Wildman–Crippen MR) is 77.3 cm³/mol. The monoisotopic (exact) mass is 328 g/mol. The molecule has 0 bridgehead atoms. The van der Waals surface area contributed by atoms with E-state index in [1.165, 1.54) is 18.2 Å². The lowest BCUT2D eigenvalue weighted by Gasteiger charge is -2.14. The summed E-state index contributed by atoms with van der Waals surface area (Å²) in [5.74, 6) is -1.24. The molecule has 0 aliphatic carbocycles. The maximum atomic E-state index is 11.6. The van der Waals surface area contributed by atoms with Crippen molar-refractivity contribution in [2.75, 3.05) is 6.61 Å². The zero-order valence-corrected chi connectivity index (χ0v) is 12.3. The number of halogens is 2. The SMILES string of the molecule is CCOc1c(Cl)cc(C=C2C(=O)NC(=O)NC2=O)cc1Cl. The highest BCUT2D eigenvalue weighted by Crippen LogP contribution is 2.34. The van der Waals surface area contributed by atoms with Gasteiger partial charge in [0.15, 0.2) is 5.75 Å². The first-order valence-electron chi connectivity index (χ1n) is 5.92. The van der Waals surface area contributed by atoms with Gasteiger partial charge in [-0.2, -0.15) is 0 Å². The van der Waals surface area contributed by atoms with Gasteiger partial charge in [0.1, 0.15) is 5.57 Å². The van der Waals surface area contributed by atoms with Crippen LogP contribution < -0.4 is 15.4 Å². The standard InChI is InChI=1S/C13H10Cl2N2O4/c1-2-21-10-8(14)4-6(5-9(10)15)3-7-11(18)16-13(20)17-12(7)19/h3-5H,2H2,1H3,(H2,16,17,18,19,20). The summed E-state index contributed by atoms with van der Waals surface area (Å²) in [6.45, 7) is 2.18. The van der Waals surface area contributed by atoms with E-state index in [1.807, 2.05) is 10.6 Å². The number of nitrogens with one attached hydrogen (secondary N) is 2. The Hall–Kier alpha value is -2.05. The molecule has 1 aliphatic heterocycles. The first-order valence-corrected chi connectivity index (χ1v) is 6.68. The number of hydrogen-bond acceptors (Lipinski definition) is 4. The molecule has 1 aliphatic rings. The molecule has 4 amide bonds. The van der Waals surface area contributed by atoms with E-state index in [0.717, 1.165) is 0 Å². The summed E-state index contributed by atoms with van der Waals surface area (Å²) < 4.78 is 5.28. The van der Waals surface area contributed by atoms with Crippen LogP contribution in [0.15, 0.2) is 17.7 Å². The maximum absolute atomic E-state index is 11.6. The van der Waals surface area contributed by atoms with Gasteiger partial charge in [0, 0.05) is 0 Å². The Bertz CT molecular complexity index is 625. The molecule has 2 N–H and O–H groups in total. The highest BCUT2D eigenvalue weighted by atomic mass is 35.5. The van der Waals surface area contributed by atoms with Crippen LogP contribution in [-0.4, -0.2) is 24.5 Å². The van der Waals surface area contributed by atoms with Crippen molar-refractivity contribution in [3.8, 4) is 5.75 Å². The molecule has 0 unspecified atom stereocenters. The van der Waals surface area contributed by atoms with Crippen LogP contribution in [-0.2, 0) is 9.59 Å². The Balaban J connectivity index is 2.39. The highest BCUT2D eigenvalue weighted by Gasteiger charge is 2.27. The normalized spacial score (nSPS) is 14.6. The number of barbiturate groups is 1. The third kappa shape index (κ3) is 3.34. The maximum Gasteiger partial charge on any atom is 0.328 e. The molecule has 1 saturated heterocycles. The van der Waals surface area contributed by atoms with Crippen molar-refractivity contribution in [1.82, 2.24) is 10.6 Å². The van der Waals surface area contributed by atoms with E-state index in [2.05, 4.69) is 0 Å². The van der Waals surface area contributed by atoms with Crippen LogP contribution in [0.25, 0.3) is 6.08 Å². The van der Waals surface area contributed by atoms with Crippen molar-refractivity contribution in [2.24, 2.45) is 0 Å². The summed E-state index contributed by atoms with van der Waals surface area (Å²) in [6, 6.07) is 2.15. The predicted octanol–water partition coefficient (Wildman–Crippen LogP) is 2.14. The largest absolute Gasteiger partial charge is 0.491 e. The number of hydrogen-bond donors (Lipinski definition) is 2. The molecule has 110 valence electrons. The summed E-state index contributed by atoms with van der Waals surface area (Å²) in [5.41, 5.74) is 0.217. The van der Waals surface area contributed by atoms with Crippen LogP contribution in [0.4, 0.5) is 4.79 Å². The second kappa shape index (κ2) is 6.15. The zero-order valence-electron chi connectivity index (χ0n) is 10.8. The molecule has 1 aromatic rings. The average molecular weight is 329 g/mol. The Morgan fingerprint density at radius 2 is 1.62 bits per heavy atom. The molecule has 0 saturated carbocycles. The molecule has 1 aromatic carbocycles. The van der Waals surface area contributed by atoms with Crippen LogP contribution in [0.5, 0.6) is 5.75 Å². The number of carbonyl (C=O) groups is 3. The van der Waals surface area contributed by atoms with Gasteiger partial charge in [0.25, 0.3) is 11.8 Å². The fourth-order valence-electron chi connectivity index (χ4n) is 1.72. The highest BCUT2D eigenvalue weighted by molar-refractivity contribution is 6.37. The minimum Gasteiger partial charge on any atom is -0.491 e. The third-order valence-corrected chi connectivity index (χ3v) is 3.13. The molecule has 1 fully saturated rings. The molecule has 0 radical (unpaired) electrons. The van der Waals surface area contributed by atoms with E-state index in [-0.39, 0.29) is 15.6 Å². The number of benzene rings is 1. The third-order valence-electron chi connectivity index (χ3n) is 2.56. The Morgan fingerprint density at radius 3 is 2.10 bits per heavy atom. The second-order valence-electron chi connectivity index (χ2n) is 4.04. The fourth-order valence-corrected chi connectivity index (χ4v) is 2.33. The van der Waals surface area contributed by atoms with Crippen molar-refractivity contribution < 1.29 is 19.1 Å². The number of urea groups is 1. The summed E-state index contributed by atoms with van der Waals surface area (Å²) in [7, 11) is 0. The van der Waals surface area contributed by atoms with Crippen LogP contribution in [0.1, 0.15) is 12.5 Å². The van der Waals surface area contributed by atoms with Crippen LogP contribution in [0, 0.1) is 0 Å². The van der Waals surface area contributed by atoms with Crippen LogP contribution >= 0.6 is 23.2 Å². The van der Waals surface area contributed by atoms with Gasteiger partial charge in [-0.15, -0.1) is 0 Å². The van der Waals surface area contributed by atoms with E-state index in [1.54, 1.807) is 6.92 Å². The molecular formula is C13H10Cl2N2O4. The lowest BCUT2D eigenvalue weighted by atomic mass is 10.1. The minimum absolute atomic E-state index is 0.217. The molecular weight excluding hydrogens is 319 g/mol. The summed E-state index contributed by atoms with van der Waals surface area (Å²) in [5, 5.41) is 4.45. The first-order chi connectivity index (χ1) is 9.92. The Labute approximate surface area is 130 Å². The fraction of sp³-hybridized carbons (Fsp3) is 0.154. The number of ether oxygens (including phenoxy) is 1. The van der Waals surface area contributed by atoms with Gasteiger partial charge < -0.3 is 4.74 Å². The van der Waals surface area contributed by atoms with Gasteiger partial charge >= 0.3 is 6.03 Å². The van der Waals surface area contributed by atoms with Crippen molar-refractivity contribution in [3.05, 3.63) is 33.3 Å². The van der Waals surface area contributed by atoms with Crippen molar-refractivity contribution in [1.29, 1.82) is 0 Å².